The lowest BCUT2D eigenvalue weighted by atomic mass is 10.0. The number of nitrogens with zero attached hydrogens (tertiary/aromatic N) is 6. The zero-order valence-electron chi connectivity index (χ0n) is 21.5. The predicted molar refractivity (Wildman–Crippen MR) is 140 cm³/mol. The van der Waals surface area contributed by atoms with E-state index in [4.69, 9.17) is 0 Å². The highest BCUT2D eigenvalue weighted by Crippen LogP contribution is 2.34. The Kier molecular flexibility index (Phi) is 7.32. The van der Waals surface area contributed by atoms with E-state index in [1.165, 1.54) is 24.5 Å². The number of nitrogens with one attached hydrogen (secondary N) is 1. The summed E-state index contributed by atoms with van der Waals surface area (Å²) in [7, 11) is 1.99. The molecule has 0 aliphatic carbocycles. The maximum absolute atomic E-state index is 13.9. The van der Waals surface area contributed by atoms with Crippen LogP contribution in [-0.2, 0) is 12.7 Å². The molecular formula is C28H26F3N7O. The summed E-state index contributed by atoms with van der Waals surface area (Å²) >= 11 is 0. The summed E-state index contributed by atoms with van der Waals surface area (Å²) in [5.41, 5.74) is 2.32. The fourth-order valence-electron chi connectivity index (χ4n) is 4.46. The average molecular weight is 534 g/mol. The van der Waals surface area contributed by atoms with Gasteiger partial charge in [-0.05, 0) is 43.7 Å². The van der Waals surface area contributed by atoms with E-state index < -0.39 is 17.6 Å². The number of amides is 1. The molecule has 39 heavy (non-hydrogen) atoms. The van der Waals surface area contributed by atoms with Gasteiger partial charge in [0.05, 0.1) is 23.5 Å². The lowest BCUT2D eigenvalue weighted by molar-refractivity contribution is -0.138. The number of piperazine rings is 1. The number of pyridine rings is 1. The summed E-state index contributed by atoms with van der Waals surface area (Å²) in [5.74, 6) is 5.42. The highest BCUT2D eigenvalue weighted by molar-refractivity contribution is 6.04. The normalized spacial score (nSPS) is 14.7. The van der Waals surface area contributed by atoms with E-state index in [1.54, 1.807) is 24.7 Å². The molecular weight excluding hydrogens is 507 g/mol. The second kappa shape index (κ2) is 10.8. The van der Waals surface area contributed by atoms with E-state index in [2.05, 4.69) is 37.0 Å². The highest BCUT2D eigenvalue weighted by Gasteiger charge is 2.34. The van der Waals surface area contributed by atoms with E-state index >= 15 is 0 Å². The number of carbonyl (C=O) groups excluding carboxylic acids is 1. The molecule has 0 atom stereocenters. The molecule has 1 aliphatic heterocycles. The maximum atomic E-state index is 13.9. The molecule has 1 fully saturated rings. The van der Waals surface area contributed by atoms with Crippen LogP contribution in [0.3, 0.4) is 0 Å². The van der Waals surface area contributed by atoms with Gasteiger partial charge in [-0.1, -0.05) is 12.0 Å². The van der Waals surface area contributed by atoms with Crippen molar-refractivity contribution in [2.24, 2.45) is 0 Å². The molecule has 0 bridgehead atoms. The number of hydrogen-bond donors (Lipinski definition) is 1. The summed E-state index contributed by atoms with van der Waals surface area (Å²) in [6.45, 7) is 5.11. The second-order valence-corrected chi connectivity index (χ2v) is 9.50. The van der Waals surface area contributed by atoms with Crippen molar-refractivity contribution >= 4 is 17.2 Å². The fourth-order valence-corrected chi connectivity index (χ4v) is 4.46. The van der Waals surface area contributed by atoms with Crippen LogP contribution in [0.5, 0.6) is 0 Å². The molecule has 1 N–H and O–H groups in total. The van der Waals surface area contributed by atoms with Gasteiger partial charge in [-0.25, -0.2) is 4.98 Å². The third-order valence-electron chi connectivity index (χ3n) is 6.59. The van der Waals surface area contributed by atoms with Gasteiger partial charge in [-0.2, -0.15) is 13.2 Å². The van der Waals surface area contributed by atoms with Gasteiger partial charge < -0.3 is 10.2 Å². The molecule has 1 aromatic carbocycles. The minimum atomic E-state index is -4.55. The number of halogens is 3. The molecule has 0 saturated carbocycles. The van der Waals surface area contributed by atoms with Crippen LogP contribution in [0.1, 0.15) is 38.4 Å². The number of rotatable bonds is 4. The number of fused-ring (bicyclic) bond motifs is 1. The molecule has 3 aromatic heterocycles. The highest BCUT2D eigenvalue weighted by atomic mass is 19.4. The number of likely N-dealkylation sites (N-methyl/N-ethyl adjacent to an activating group) is 1. The summed E-state index contributed by atoms with van der Waals surface area (Å²) in [4.78, 5) is 29.5. The Morgan fingerprint density at radius 3 is 2.54 bits per heavy atom. The lowest BCUT2D eigenvalue weighted by Gasteiger charge is -2.33. The Hall–Kier alpha value is -4.27. The molecule has 0 spiro atoms. The molecule has 1 amide bonds. The van der Waals surface area contributed by atoms with E-state index in [0.29, 0.717) is 30.0 Å². The standard InChI is InChI=1S/C28H26F3N7O/c1-19-13-32-17-26-34-16-24(38(19)26)6-3-20-11-22(15-33-14-20)27(39)35-23-5-4-21(25(12-23)28(29,30)31)18-37-9-7-36(2)8-10-37/h4-5,11-17H,7-10,18H2,1-2H3,(H,35,39). The third-order valence-corrected chi connectivity index (χ3v) is 6.59. The predicted octanol–water partition coefficient (Wildman–Crippen LogP) is 3.85. The first-order valence-electron chi connectivity index (χ1n) is 12.3. The van der Waals surface area contributed by atoms with Crippen LogP contribution >= 0.6 is 0 Å². The zero-order valence-corrected chi connectivity index (χ0v) is 21.5. The Labute approximate surface area is 223 Å². The Balaban J connectivity index is 1.33. The average Bonchev–Trinajstić information content (AvgIpc) is 3.33. The van der Waals surface area contributed by atoms with Crippen LogP contribution in [0.15, 0.2) is 55.2 Å². The monoisotopic (exact) mass is 533 g/mol. The number of imidazole rings is 1. The SMILES string of the molecule is Cc1cncc2ncc(C#Cc3cncc(C(=O)Nc4ccc(CN5CCN(C)CC5)c(C(F)(F)F)c4)c3)n12. The summed E-state index contributed by atoms with van der Waals surface area (Å²) in [6, 6.07) is 5.46. The van der Waals surface area contributed by atoms with Gasteiger partial charge in [0.15, 0.2) is 5.65 Å². The minimum Gasteiger partial charge on any atom is -0.322 e. The van der Waals surface area contributed by atoms with E-state index in [1.807, 2.05) is 23.3 Å². The number of benzene rings is 1. The van der Waals surface area contributed by atoms with Crippen molar-refractivity contribution in [2.45, 2.75) is 19.6 Å². The van der Waals surface area contributed by atoms with Gasteiger partial charge in [0.25, 0.3) is 5.91 Å². The number of aryl methyl sites for hydroxylation is 1. The van der Waals surface area contributed by atoms with Crippen LogP contribution in [0.2, 0.25) is 0 Å². The van der Waals surface area contributed by atoms with Crippen molar-refractivity contribution in [3.05, 3.63) is 88.9 Å². The van der Waals surface area contributed by atoms with Crippen molar-refractivity contribution < 1.29 is 18.0 Å². The first kappa shape index (κ1) is 26.3. The van der Waals surface area contributed by atoms with Crippen LogP contribution in [0.4, 0.5) is 18.9 Å². The van der Waals surface area contributed by atoms with E-state index in [-0.39, 0.29) is 23.4 Å². The zero-order chi connectivity index (χ0) is 27.6. The van der Waals surface area contributed by atoms with Crippen molar-refractivity contribution in [1.82, 2.24) is 29.2 Å². The smallest absolute Gasteiger partial charge is 0.322 e. The molecule has 0 radical (unpaired) electrons. The van der Waals surface area contributed by atoms with E-state index in [0.717, 1.165) is 24.8 Å². The van der Waals surface area contributed by atoms with Gasteiger partial charge in [0.2, 0.25) is 0 Å². The molecule has 4 aromatic rings. The Morgan fingerprint density at radius 1 is 1.00 bits per heavy atom. The largest absolute Gasteiger partial charge is 0.416 e. The van der Waals surface area contributed by atoms with Crippen LogP contribution in [-0.4, -0.2) is 68.3 Å². The summed E-state index contributed by atoms with van der Waals surface area (Å²) < 4.78 is 43.6. The van der Waals surface area contributed by atoms with Gasteiger partial charge in [-0.15, -0.1) is 0 Å². The molecule has 200 valence electrons. The van der Waals surface area contributed by atoms with Crippen molar-refractivity contribution in [2.75, 3.05) is 38.5 Å². The van der Waals surface area contributed by atoms with Gasteiger partial charge >= 0.3 is 6.18 Å². The molecule has 0 unspecified atom stereocenters. The van der Waals surface area contributed by atoms with Gasteiger partial charge in [0, 0.05) is 68.3 Å². The first-order valence-corrected chi connectivity index (χ1v) is 12.3. The third kappa shape index (κ3) is 6.08. The van der Waals surface area contributed by atoms with Crippen LogP contribution < -0.4 is 5.32 Å². The number of carbonyl (C=O) groups is 1. The van der Waals surface area contributed by atoms with Gasteiger partial charge in [-0.3, -0.25) is 24.1 Å². The molecule has 5 rings (SSSR count). The Bertz CT molecular complexity index is 1580. The van der Waals surface area contributed by atoms with Gasteiger partial charge in [0.1, 0.15) is 5.69 Å². The molecule has 8 nitrogen and oxygen atoms in total. The summed E-state index contributed by atoms with van der Waals surface area (Å²) in [5, 5.41) is 2.57. The number of alkyl halides is 3. The van der Waals surface area contributed by atoms with Crippen molar-refractivity contribution in [1.29, 1.82) is 0 Å². The maximum Gasteiger partial charge on any atom is 0.416 e. The molecule has 11 heteroatoms. The number of aromatic nitrogens is 4. The minimum absolute atomic E-state index is 0.0563. The number of hydrogen-bond acceptors (Lipinski definition) is 6. The summed E-state index contributed by atoms with van der Waals surface area (Å²) in [6.07, 6.45) is 3.27. The molecule has 1 aliphatic rings. The molecule has 1 saturated heterocycles. The van der Waals surface area contributed by atoms with E-state index in [9.17, 15) is 18.0 Å². The quantitative estimate of drug-likeness (QED) is 0.402. The Morgan fingerprint density at radius 2 is 1.77 bits per heavy atom. The number of anilines is 1. The fraction of sp³-hybridized carbons (Fsp3) is 0.286. The second-order valence-electron chi connectivity index (χ2n) is 9.50. The first-order chi connectivity index (χ1) is 18.7. The van der Waals surface area contributed by atoms with Crippen molar-refractivity contribution in [3.63, 3.8) is 0 Å². The van der Waals surface area contributed by atoms with Crippen molar-refractivity contribution in [3.8, 4) is 11.8 Å². The van der Waals surface area contributed by atoms with Crippen LogP contribution in [0, 0.1) is 18.8 Å². The van der Waals surface area contributed by atoms with Crippen LogP contribution in [0.25, 0.3) is 5.65 Å². The molecule has 4 heterocycles. The topological polar surface area (TPSA) is 78.7 Å². The lowest BCUT2D eigenvalue weighted by Crippen LogP contribution is -2.44.